The van der Waals surface area contributed by atoms with Gasteiger partial charge in [0, 0.05) is 0 Å². The van der Waals surface area contributed by atoms with Crippen LogP contribution in [0.5, 0.6) is 0 Å². The monoisotopic (exact) mass is 524 g/mol. The molecule has 0 unspecified atom stereocenters. The standard InChI is InChI=1S/C24H57BSi6/c1-26(2,3)19-22(29(10,11)12)25(23(30(13,14)15)20-27(4,5)6)24(31(16,17)18)21-28(7,8)9/h19-21H,1-18H3. The van der Waals surface area contributed by atoms with E-state index in [4.69, 9.17) is 0 Å². The van der Waals surface area contributed by atoms with E-state index in [2.05, 4.69) is 135 Å². The number of rotatable bonds is 9. The third-order valence-corrected chi connectivity index (χ3v) is 16.2. The Bertz CT molecular complexity index is 606. The summed E-state index contributed by atoms with van der Waals surface area (Å²) in [4.78, 5) is 0. The van der Waals surface area contributed by atoms with Gasteiger partial charge in [-0.1, -0.05) is 118 Å². The average molecular weight is 525 g/mol. The zero-order valence-electron chi connectivity index (χ0n) is 24.8. The fraction of sp³-hybridized carbons (Fsp3) is 0.750. The highest BCUT2D eigenvalue weighted by Gasteiger charge is 2.44. The summed E-state index contributed by atoms with van der Waals surface area (Å²) < 4.78 is 0. The van der Waals surface area contributed by atoms with Crippen LogP contribution in [-0.4, -0.2) is 55.2 Å². The quantitative estimate of drug-likeness (QED) is 0.264. The van der Waals surface area contributed by atoms with Gasteiger partial charge >= 0.3 is 0 Å². The molecular formula is C24H57BSi6. The molecule has 0 aromatic heterocycles. The van der Waals surface area contributed by atoms with Crippen LogP contribution in [0.4, 0.5) is 0 Å². The Hall–Kier alpha value is 0.586. The molecule has 0 rings (SSSR count). The van der Waals surface area contributed by atoms with Crippen LogP contribution in [0.15, 0.2) is 32.4 Å². The molecule has 0 aliphatic carbocycles. The smallest absolute Gasteiger partial charge is 0.110 e. The van der Waals surface area contributed by atoms with E-state index in [9.17, 15) is 0 Å². The highest BCUT2D eigenvalue weighted by molar-refractivity contribution is 7.19. The van der Waals surface area contributed by atoms with Crippen molar-refractivity contribution in [1.82, 2.24) is 0 Å². The van der Waals surface area contributed by atoms with Crippen molar-refractivity contribution in [2.75, 3.05) is 0 Å². The molecule has 0 amide bonds. The maximum atomic E-state index is 2.85. The van der Waals surface area contributed by atoms with E-state index in [0.717, 1.165) is 0 Å². The van der Waals surface area contributed by atoms with Crippen LogP contribution >= 0.6 is 0 Å². The van der Waals surface area contributed by atoms with Gasteiger partial charge in [0.25, 0.3) is 0 Å². The predicted octanol–water partition coefficient (Wildman–Crippen LogP) is 9.14. The van der Waals surface area contributed by atoms with E-state index in [1.165, 1.54) is 0 Å². The fourth-order valence-corrected chi connectivity index (χ4v) is 20.5. The fourth-order valence-electron chi connectivity index (χ4n) is 4.10. The van der Waals surface area contributed by atoms with Crippen molar-refractivity contribution in [3.63, 3.8) is 0 Å². The van der Waals surface area contributed by atoms with Gasteiger partial charge in [0.15, 0.2) is 0 Å². The Labute approximate surface area is 204 Å². The molecule has 0 spiro atoms. The van der Waals surface area contributed by atoms with Crippen molar-refractivity contribution in [2.24, 2.45) is 0 Å². The van der Waals surface area contributed by atoms with Crippen LogP contribution in [0.1, 0.15) is 0 Å². The van der Waals surface area contributed by atoms with Gasteiger partial charge in [-0.3, -0.25) is 0 Å². The minimum Gasteiger partial charge on any atom is -0.110 e. The lowest BCUT2D eigenvalue weighted by Gasteiger charge is -2.42. The van der Waals surface area contributed by atoms with Crippen LogP contribution in [0.3, 0.4) is 0 Å². The maximum absolute atomic E-state index is 2.85. The van der Waals surface area contributed by atoms with Crippen LogP contribution in [-0.2, 0) is 0 Å². The topological polar surface area (TPSA) is 0 Å². The van der Waals surface area contributed by atoms with Crippen LogP contribution in [0, 0.1) is 0 Å². The van der Waals surface area contributed by atoms with Gasteiger partial charge in [0.2, 0.25) is 6.71 Å². The van der Waals surface area contributed by atoms with E-state index in [1.807, 2.05) is 15.3 Å². The lowest BCUT2D eigenvalue weighted by Crippen LogP contribution is -2.51. The Kier molecular flexibility index (Phi) is 10.3. The second kappa shape index (κ2) is 10.1. The predicted molar refractivity (Wildman–Crippen MR) is 170 cm³/mol. The van der Waals surface area contributed by atoms with Gasteiger partial charge in [0.1, 0.15) is 0 Å². The molecule has 0 atom stereocenters. The molecule has 0 nitrogen and oxygen atoms in total. The minimum atomic E-state index is -1.50. The highest BCUT2D eigenvalue weighted by atomic mass is 28.3. The molecule has 0 saturated heterocycles. The first-order valence-corrected chi connectivity index (χ1v) is 33.6. The Balaban J connectivity index is 7.78. The third kappa shape index (κ3) is 12.0. The van der Waals surface area contributed by atoms with Crippen molar-refractivity contribution in [1.29, 1.82) is 0 Å². The molecule has 31 heavy (non-hydrogen) atoms. The largest absolute Gasteiger partial charge is 0.214 e. The first-order chi connectivity index (χ1) is 13.2. The molecule has 7 heteroatoms. The molecule has 0 heterocycles. The zero-order chi connectivity index (χ0) is 25.4. The Morgan fingerprint density at radius 3 is 0.613 bits per heavy atom. The third-order valence-electron chi connectivity index (χ3n) is 5.30. The van der Waals surface area contributed by atoms with E-state index in [1.54, 1.807) is 0 Å². The summed E-state index contributed by atoms with van der Waals surface area (Å²) in [5.41, 5.74) is 8.54. The van der Waals surface area contributed by atoms with Gasteiger partial charge in [-0.15, -0.1) is 32.4 Å². The highest BCUT2D eigenvalue weighted by Crippen LogP contribution is 2.37. The van der Waals surface area contributed by atoms with Crippen molar-refractivity contribution in [3.8, 4) is 0 Å². The normalized spacial score (nSPS) is 16.6. The second-order valence-corrected chi connectivity index (χ2v) is 46.4. The van der Waals surface area contributed by atoms with Crippen molar-refractivity contribution in [3.05, 3.63) is 32.4 Å². The summed E-state index contributed by atoms with van der Waals surface area (Å²) in [6, 6.07) is 0. The molecular weight excluding hydrogens is 468 g/mol. The van der Waals surface area contributed by atoms with Crippen molar-refractivity contribution >= 4 is 55.2 Å². The van der Waals surface area contributed by atoms with Gasteiger partial charge in [0.05, 0.1) is 48.4 Å². The Morgan fingerprint density at radius 2 is 0.516 bits per heavy atom. The van der Waals surface area contributed by atoms with Crippen LogP contribution < -0.4 is 0 Å². The maximum Gasteiger partial charge on any atom is 0.214 e. The molecule has 0 aliphatic heterocycles. The van der Waals surface area contributed by atoms with Crippen LogP contribution in [0.2, 0.25) is 118 Å². The van der Waals surface area contributed by atoms with Gasteiger partial charge in [-0.05, 0) is 0 Å². The lowest BCUT2D eigenvalue weighted by atomic mass is 9.49. The second-order valence-electron chi connectivity index (χ2n) is 16.1. The van der Waals surface area contributed by atoms with Crippen molar-refractivity contribution < 1.29 is 0 Å². The summed E-state index contributed by atoms with van der Waals surface area (Å²) in [5, 5.41) is 5.60. The molecule has 0 aromatic carbocycles. The summed E-state index contributed by atoms with van der Waals surface area (Å²) in [6.07, 6.45) is 0. The number of hydrogen-bond donors (Lipinski definition) is 0. The van der Waals surface area contributed by atoms with Gasteiger partial charge in [-0.25, -0.2) is 0 Å². The molecule has 0 bridgehead atoms. The van der Waals surface area contributed by atoms with E-state index in [-0.39, 0.29) is 0 Å². The SMILES string of the molecule is C[Si](C)(C)C=C(B(C(=C[Si](C)(C)C)[Si](C)(C)C)C(=C[Si](C)(C)C)[Si](C)(C)C)[Si](C)(C)C. The minimum absolute atomic E-state index is 0.579. The van der Waals surface area contributed by atoms with Gasteiger partial charge < -0.3 is 0 Å². The number of hydrogen-bond acceptors (Lipinski definition) is 0. The summed E-state index contributed by atoms with van der Waals surface area (Å²) in [6.45, 7) is 46.9. The first kappa shape index (κ1) is 31.6. The summed E-state index contributed by atoms with van der Waals surface area (Å²) in [7, 11) is -8.56. The molecule has 0 radical (unpaired) electrons. The average Bonchev–Trinajstić information content (AvgIpc) is 2.37. The molecule has 0 saturated carbocycles. The summed E-state index contributed by atoms with van der Waals surface area (Å²) >= 11 is 0. The van der Waals surface area contributed by atoms with E-state index < -0.39 is 48.4 Å². The van der Waals surface area contributed by atoms with Gasteiger partial charge in [-0.2, -0.15) is 0 Å². The lowest BCUT2D eigenvalue weighted by molar-refractivity contribution is 1.62. The van der Waals surface area contributed by atoms with E-state index >= 15 is 0 Å². The summed E-state index contributed by atoms with van der Waals surface area (Å²) in [5.74, 6) is 0. The Morgan fingerprint density at radius 1 is 0.355 bits per heavy atom. The zero-order valence-corrected chi connectivity index (χ0v) is 30.8. The molecule has 0 aromatic rings. The van der Waals surface area contributed by atoms with E-state index in [0.29, 0.717) is 6.71 Å². The van der Waals surface area contributed by atoms with Crippen LogP contribution in [0.25, 0.3) is 0 Å². The van der Waals surface area contributed by atoms with Crippen molar-refractivity contribution in [2.45, 2.75) is 118 Å². The first-order valence-electron chi connectivity index (χ1n) is 12.3. The molecule has 0 aliphatic rings. The molecule has 0 N–H and O–H groups in total. The molecule has 0 fully saturated rings. The molecule has 180 valence electrons.